The first-order chi connectivity index (χ1) is 17.6. The molecule has 36 heavy (non-hydrogen) atoms. The number of unbranched alkanes of at least 4 members (excludes halogenated alkanes) is 6. The second-order valence-corrected chi connectivity index (χ2v) is 10.7. The number of aliphatic hydroxyl groups excluding tert-OH is 2. The van der Waals surface area contributed by atoms with E-state index in [2.05, 4.69) is 50.2 Å². The number of hydrogen-bond donors (Lipinski definition) is 2. The fourth-order valence-corrected chi connectivity index (χ4v) is 5.99. The van der Waals surface area contributed by atoms with Crippen LogP contribution in [0.15, 0.2) is 60.7 Å². The van der Waals surface area contributed by atoms with Crippen LogP contribution in [0.25, 0.3) is 21.5 Å². The lowest BCUT2D eigenvalue weighted by atomic mass is 9.79. The SMILES string of the molecule is CCCCCCc1cc2cc3c(cc2cc1CCCCCC)C(O)c1cc2ccccc2cc1C3O. The first-order valence-corrected chi connectivity index (χ1v) is 14.1. The highest BCUT2D eigenvalue weighted by atomic mass is 16.3. The van der Waals surface area contributed by atoms with E-state index in [9.17, 15) is 10.2 Å². The van der Waals surface area contributed by atoms with E-state index in [4.69, 9.17) is 0 Å². The van der Waals surface area contributed by atoms with Gasteiger partial charge < -0.3 is 10.2 Å². The lowest BCUT2D eigenvalue weighted by Gasteiger charge is -2.30. The fourth-order valence-electron chi connectivity index (χ4n) is 5.99. The maximum Gasteiger partial charge on any atom is 0.105 e. The highest BCUT2D eigenvalue weighted by Gasteiger charge is 2.31. The number of rotatable bonds is 10. The van der Waals surface area contributed by atoms with Crippen LogP contribution in [0.3, 0.4) is 0 Å². The number of hydrogen-bond acceptors (Lipinski definition) is 2. The lowest BCUT2D eigenvalue weighted by molar-refractivity contribution is 0.174. The average molecular weight is 481 g/mol. The molecule has 0 aliphatic heterocycles. The summed E-state index contributed by atoms with van der Waals surface area (Å²) in [4.78, 5) is 0. The Balaban J connectivity index is 1.54. The molecule has 0 spiro atoms. The number of benzene rings is 4. The predicted molar refractivity (Wildman–Crippen MR) is 152 cm³/mol. The molecule has 0 saturated heterocycles. The van der Waals surface area contributed by atoms with E-state index in [-0.39, 0.29) is 0 Å². The normalized spacial score (nSPS) is 16.9. The van der Waals surface area contributed by atoms with Gasteiger partial charge in [0.1, 0.15) is 12.2 Å². The number of aliphatic hydroxyl groups is 2. The van der Waals surface area contributed by atoms with E-state index < -0.39 is 12.2 Å². The molecule has 2 atom stereocenters. The van der Waals surface area contributed by atoms with Crippen molar-refractivity contribution in [1.29, 1.82) is 0 Å². The summed E-state index contributed by atoms with van der Waals surface area (Å²) in [6, 6.07) is 21.3. The van der Waals surface area contributed by atoms with Gasteiger partial charge in [-0.15, -0.1) is 0 Å². The second kappa shape index (κ2) is 11.2. The van der Waals surface area contributed by atoms with Crippen molar-refractivity contribution in [2.24, 2.45) is 0 Å². The van der Waals surface area contributed by atoms with Gasteiger partial charge in [-0.25, -0.2) is 0 Å². The first kappa shape index (κ1) is 25.0. The standard InChI is InChI=1S/C34H40O2/c1-3-5-7-9-13-23-17-27-21-31-32(22-28(27)18-24(23)14-10-8-6-4-2)34(36)30-20-26-16-12-11-15-25(26)19-29(30)33(31)35/h11-12,15-22,33-36H,3-10,13-14H2,1-2H3. The maximum absolute atomic E-state index is 11.4. The molecular formula is C34H40O2. The van der Waals surface area contributed by atoms with Crippen molar-refractivity contribution in [3.05, 3.63) is 94.0 Å². The van der Waals surface area contributed by atoms with Crippen LogP contribution in [-0.4, -0.2) is 10.2 Å². The minimum Gasteiger partial charge on any atom is -0.384 e. The van der Waals surface area contributed by atoms with Crippen molar-refractivity contribution in [2.45, 2.75) is 90.3 Å². The van der Waals surface area contributed by atoms with Crippen molar-refractivity contribution in [2.75, 3.05) is 0 Å². The fraction of sp³-hybridized carbons (Fsp3) is 0.412. The molecule has 0 fully saturated rings. The Bertz CT molecular complexity index is 1250. The van der Waals surface area contributed by atoms with Crippen molar-refractivity contribution in [1.82, 2.24) is 0 Å². The van der Waals surface area contributed by atoms with Gasteiger partial charge in [0.15, 0.2) is 0 Å². The molecule has 0 saturated carbocycles. The molecule has 0 amide bonds. The zero-order chi connectivity index (χ0) is 25.1. The third-order valence-corrected chi connectivity index (χ3v) is 8.09. The molecule has 0 aromatic heterocycles. The Labute approximate surface area is 216 Å². The second-order valence-electron chi connectivity index (χ2n) is 10.7. The van der Waals surface area contributed by atoms with Crippen LogP contribution in [0.2, 0.25) is 0 Å². The van der Waals surface area contributed by atoms with Crippen molar-refractivity contribution >= 4 is 21.5 Å². The number of fused-ring (bicyclic) bond motifs is 4. The summed E-state index contributed by atoms with van der Waals surface area (Å²) in [5, 5.41) is 27.4. The zero-order valence-corrected chi connectivity index (χ0v) is 21.9. The summed E-state index contributed by atoms with van der Waals surface area (Å²) < 4.78 is 0. The summed E-state index contributed by atoms with van der Waals surface area (Å²) in [6.07, 6.45) is 10.9. The summed E-state index contributed by atoms with van der Waals surface area (Å²) >= 11 is 0. The van der Waals surface area contributed by atoms with Crippen molar-refractivity contribution in [3.63, 3.8) is 0 Å². The molecule has 1 aliphatic rings. The summed E-state index contributed by atoms with van der Waals surface area (Å²) in [5.41, 5.74) is 6.25. The highest BCUT2D eigenvalue weighted by molar-refractivity contribution is 5.88. The van der Waals surface area contributed by atoms with Crippen LogP contribution in [0.1, 0.15) is 111 Å². The predicted octanol–water partition coefficient (Wildman–Crippen LogP) is 8.72. The van der Waals surface area contributed by atoms with Gasteiger partial charge in [-0.1, -0.05) is 88.8 Å². The summed E-state index contributed by atoms with van der Waals surface area (Å²) in [6.45, 7) is 4.53. The van der Waals surface area contributed by atoms with Crippen LogP contribution in [0, 0.1) is 0 Å². The molecule has 0 bridgehead atoms. The Morgan fingerprint density at radius 1 is 0.500 bits per heavy atom. The minimum atomic E-state index is -0.728. The Hall–Kier alpha value is -2.68. The molecular weight excluding hydrogens is 440 g/mol. The molecule has 1 aliphatic carbocycles. The van der Waals surface area contributed by atoms with Gasteiger partial charge in [-0.3, -0.25) is 0 Å². The van der Waals surface area contributed by atoms with Crippen molar-refractivity contribution in [3.8, 4) is 0 Å². The van der Waals surface area contributed by atoms with E-state index in [0.717, 1.165) is 45.9 Å². The van der Waals surface area contributed by atoms with Gasteiger partial charge in [0.05, 0.1) is 0 Å². The molecule has 2 unspecified atom stereocenters. The van der Waals surface area contributed by atoms with E-state index in [1.165, 1.54) is 73.3 Å². The van der Waals surface area contributed by atoms with E-state index >= 15 is 0 Å². The lowest BCUT2D eigenvalue weighted by Crippen LogP contribution is -2.18. The molecule has 5 rings (SSSR count). The average Bonchev–Trinajstić information content (AvgIpc) is 2.90. The molecule has 4 aromatic rings. The molecule has 2 nitrogen and oxygen atoms in total. The topological polar surface area (TPSA) is 40.5 Å². The molecule has 0 heterocycles. The van der Waals surface area contributed by atoms with Gasteiger partial charge in [0.25, 0.3) is 0 Å². The van der Waals surface area contributed by atoms with Crippen LogP contribution >= 0.6 is 0 Å². The quantitative estimate of drug-likeness (QED) is 0.223. The highest BCUT2D eigenvalue weighted by Crippen LogP contribution is 2.44. The van der Waals surface area contributed by atoms with Gasteiger partial charge >= 0.3 is 0 Å². The number of aryl methyl sites for hydroxylation is 2. The third-order valence-electron chi connectivity index (χ3n) is 8.09. The van der Waals surface area contributed by atoms with E-state index in [1.807, 2.05) is 24.3 Å². The van der Waals surface area contributed by atoms with Gasteiger partial charge in [-0.2, -0.15) is 0 Å². The first-order valence-electron chi connectivity index (χ1n) is 14.1. The van der Waals surface area contributed by atoms with Gasteiger partial charge in [0, 0.05) is 0 Å². The van der Waals surface area contributed by atoms with E-state index in [0.29, 0.717) is 0 Å². The molecule has 2 heteroatoms. The van der Waals surface area contributed by atoms with Crippen LogP contribution in [-0.2, 0) is 12.8 Å². The maximum atomic E-state index is 11.4. The Morgan fingerprint density at radius 2 is 0.889 bits per heavy atom. The largest absolute Gasteiger partial charge is 0.384 e. The van der Waals surface area contributed by atoms with E-state index in [1.54, 1.807) is 0 Å². The summed E-state index contributed by atoms with van der Waals surface area (Å²) in [7, 11) is 0. The van der Waals surface area contributed by atoms with Crippen LogP contribution in [0.4, 0.5) is 0 Å². The van der Waals surface area contributed by atoms with Crippen molar-refractivity contribution < 1.29 is 10.2 Å². The third kappa shape index (κ3) is 4.94. The molecule has 0 radical (unpaired) electrons. The van der Waals surface area contributed by atoms with Gasteiger partial charge in [0.2, 0.25) is 0 Å². The summed E-state index contributed by atoms with van der Waals surface area (Å²) in [5.74, 6) is 0. The van der Waals surface area contributed by atoms with Crippen LogP contribution in [0.5, 0.6) is 0 Å². The Kier molecular flexibility index (Phi) is 7.74. The smallest absolute Gasteiger partial charge is 0.105 e. The van der Waals surface area contributed by atoms with Gasteiger partial charge in [-0.05, 0) is 105 Å². The monoisotopic (exact) mass is 480 g/mol. The molecule has 188 valence electrons. The molecule has 2 N–H and O–H groups in total. The molecule has 4 aromatic carbocycles. The Morgan fingerprint density at radius 3 is 1.28 bits per heavy atom. The van der Waals surface area contributed by atoms with Crippen LogP contribution < -0.4 is 0 Å². The minimum absolute atomic E-state index is 0.728. The zero-order valence-electron chi connectivity index (χ0n) is 21.9.